The van der Waals surface area contributed by atoms with Gasteiger partial charge in [-0.15, -0.1) is 0 Å². The molecule has 0 unspecified atom stereocenters. The molecule has 4 rings (SSSR count). The lowest BCUT2D eigenvalue weighted by molar-refractivity contribution is -0.113. The molecule has 2 heterocycles. The van der Waals surface area contributed by atoms with Gasteiger partial charge in [-0.2, -0.15) is 10.1 Å². The second-order valence-electron chi connectivity index (χ2n) is 7.00. The number of ether oxygens (including phenoxy) is 3. The minimum Gasteiger partial charge on any atom is -0.497 e. The third kappa shape index (κ3) is 3.89. The van der Waals surface area contributed by atoms with Crippen LogP contribution < -0.4 is 24.8 Å². The Morgan fingerprint density at radius 3 is 2.59 bits per heavy atom. The molecule has 9 nitrogen and oxygen atoms in total. The molecule has 1 aromatic heterocycles. The van der Waals surface area contributed by atoms with Crippen LogP contribution in [0.4, 0.5) is 11.6 Å². The fourth-order valence-corrected chi connectivity index (χ4v) is 4.06. The molecule has 1 aliphatic rings. The first-order valence-corrected chi connectivity index (χ1v) is 10.5. The van der Waals surface area contributed by atoms with Crippen molar-refractivity contribution >= 4 is 33.5 Å². The molecule has 2 aromatic carbocycles. The number of hydrogen-bond donors (Lipinski definition) is 2. The Hall–Kier alpha value is -3.53. The smallest absolute Gasteiger partial charge is 0.255 e. The highest BCUT2D eigenvalue weighted by Gasteiger charge is 2.35. The number of halogens is 1. The molecule has 1 aliphatic heterocycles. The summed E-state index contributed by atoms with van der Waals surface area (Å²) in [7, 11) is 4.70. The third-order valence-corrected chi connectivity index (χ3v) is 5.68. The van der Waals surface area contributed by atoms with Crippen molar-refractivity contribution in [2.24, 2.45) is 0 Å². The van der Waals surface area contributed by atoms with Crippen LogP contribution in [-0.2, 0) is 4.79 Å². The molecule has 0 radical (unpaired) electrons. The van der Waals surface area contributed by atoms with Gasteiger partial charge in [0.15, 0.2) is 0 Å². The zero-order valence-corrected chi connectivity index (χ0v) is 19.6. The Morgan fingerprint density at radius 2 is 1.88 bits per heavy atom. The molecular weight excluding hydrogens is 478 g/mol. The van der Waals surface area contributed by atoms with Crippen molar-refractivity contribution in [3.05, 3.63) is 64.0 Å². The van der Waals surface area contributed by atoms with Crippen LogP contribution >= 0.6 is 15.9 Å². The van der Waals surface area contributed by atoms with E-state index in [1.165, 1.54) is 13.4 Å². The number of anilines is 2. The maximum Gasteiger partial charge on any atom is 0.255 e. The highest BCUT2D eigenvalue weighted by molar-refractivity contribution is 9.10. The predicted molar refractivity (Wildman–Crippen MR) is 123 cm³/mol. The Kier molecular flexibility index (Phi) is 6.04. The number of allylic oxidation sites excluding steroid dienone is 1. The first kappa shape index (κ1) is 21.7. The normalized spacial score (nSPS) is 15.0. The van der Waals surface area contributed by atoms with Gasteiger partial charge in [0.2, 0.25) is 5.95 Å². The van der Waals surface area contributed by atoms with Crippen molar-refractivity contribution in [1.82, 2.24) is 14.8 Å². The molecule has 3 aromatic rings. The quantitative estimate of drug-likeness (QED) is 0.528. The van der Waals surface area contributed by atoms with Crippen LogP contribution in [0.15, 0.2) is 58.5 Å². The summed E-state index contributed by atoms with van der Waals surface area (Å²) in [6.07, 6.45) is 1.44. The molecule has 0 saturated carbocycles. The van der Waals surface area contributed by atoms with Gasteiger partial charge in [0.25, 0.3) is 5.91 Å². The summed E-state index contributed by atoms with van der Waals surface area (Å²) in [4.78, 5) is 17.9. The molecule has 32 heavy (non-hydrogen) atoms. The number of nitrogens with zero attached hydrogens (tertiary/aromatic N) is 3. The Balaban J connectivity index is 1.80. The molecule has 0 aliphatic carbocycles. The summed E-state index contributed by atoms with van der Waals surface area (Å²) >= 11 is 3.52. The zero-order chi connectivity index (χ0) is 22.8. The van der Waals surface area contributed by atoms with Gasteiger partial charge in [-0.05, 0) is 37.3 Å². The number of aromatic nitrogens is 3. The SMILES string of the molecule is COc1ccc(NC(=O)C2=C(C)Nc3ncnn3[C@@H]2c2cc(Br)ccc2OC)c(OC)c1. The minimum atomic E-state index is -0.564. The van der Waals surface area contributed by atoms with Gasteiger partial charge >= 0.3 is 0 Å². The van der Waals surface area contributed by atoms with Crippen LogP contribution in [0.3, 0.4) is 0 Å². The fourth-order valence-electron chi connectivity index (χ4n) is 3.68. The van der Waals surface area contributed by atoms with E-state index in [2.05, 4.69) is 36.6 Å². The first-order chi connectivity index (χ1) is 15.5. The molecule has 0 spiro atoms. The maximum atomic E-state index is 13.6. The van der Waals surface area contributed by atoms with E-state index in [1.807, 2.05) is 25.1 Å². The highest BCUT2D eigenvalue weighted by atomic mass is 79.9. The number of rotatable bonds is 6. The second-order valence-corrected chi connectivity index (χ2v) is 7.92. The summed E-state index contributed by atoms with van der Waals surface area (Å²) < 4.78 is 18.8. The number of hydrogen-bond acceptors (Lipinski definition) is 7. The number of methoxy groups -OCH3 is 3. The van der Waals surface area contributed by atoms with E-state index in [1.54, 1.807) is 37.1 Å². The number of nitrogens with one attached hydrogen (secondary N) is 2. The highest BCUT2D eigenvalue weighted by Crippen LogP contribution is 2.40. The van der Waals surface area contributed by atoms with E-state index in [-0.39, 0.29) is 5.91 Å². The standard InChI is InChI=1S/C22H22BrN5O4/c1-12-19(21(29)27-16-7-6-14(30-2)10-18(16)32-4)20(28-22(26-12)24-11-25-28)15-9-13(23)5-8-17(15)31-3/h5-11,20H,1-4H3,(H,27,29)(H,24,25,26)/t20-/m1/s1. The van der Waals surface area contributed by atoms with Crippen molar-refractivity contribution in [3.8, 4) is 17.2 Å². The number of carbonyl (C=O) groups excluding carboxylic acids is 1. The molecule has 1 amide bonds. The van der Waals surface area contributed by atoms with Crippen LogP contribution in [-0.4, -0.2) is 42.0 Å². The molecule has 10 heteroatoms. The summed E-state index contributed by atoms with van der Waals surface area (Å²) in [5, 5.41) is 10.5. The monoisotopic (exact) mass is 499 g/mol. The van der Waals surface area contributed by atoms with Crippen LogP contribution in [0, 0.1) is 0 Å². The topological polar surface area (TPSA) is 99.5 Å². The zero-order valence-electron chi connectivity index (χ0n) is 18.0. The van der Waals surface area contributed by atoms with Crippen molar-refractivity contribution in [2.75, 3.05) is 32.0 Å². The summed E-state index contributed by atoms with van der Waals surface area (Å²) in [5.74, 6) is 1.96. The van der Waals surface area contributed by atoms with Gasteiger partial charge in [0.1, 0.15) is 29.6 Å². The summed E-state index contributed by atoms with van der Waals surface area (Å²) in [5.41, 5.74) is 2.41. The van der Waals surface area contributed by atoms with Crippen LogP contribution in [0.1, 0.15) is 18.5 Å². The Morgan fingerprint density at radius 1 is 1.09 bits per heavy atom. The van der Waals surface area contributed by atoms with Gasteiger partial charge in [-0.25, -0.2) is 4.68 Å². The first-order valence-electron chi connectivity index (χ1n) is 9.71. The minimum absolute atomic E-state index is 0.313. The Bertz CT molecular complexity index is 1210. The van der Waals surface area contributed by atoms with Gasteiger partial charge in [-0.1, -0.05) is 15.9 Å². The second kappa shape index (κ2) is 8.91. The molecule has 1 atom stereocenters. The molecule has 0 bridgehead atoms. The van der Waals surface area contributed by atoms with E-state index in [9.17, 15) is 4.79 Å². The molecule has 0 fully saturated rings. The lowest BCUT2D eigenvalue weighted by atomic mass is 9.94. The number of fused-ring (bicyclic) bond motifs is 1. The summed E-state index contributed by atoms with van der Waals surface area (Å²) in [6.45, 7) is 1.83. The van der Waals surface area contributed by atoms with Crippen LogP contribution in [0.5, 0.6) is 17.2 Å². The number of benzene rings is 2. The van der Waals surface area contributed by atoms with E-state index < -0.39 is 6.04 Å². The van der Waals surface area contributed by atoms with Gasteiger partial charge in [0.05, 0.1) is 32.6 Å². The molecule has 2 N–H and O–H groups in total. The summed E-state index contributed by atoms with van der Waals surface area (Å²) in [6, 6.07) is 10.3. The lowest BCUT2D eigenvalue weighted by Crippen LogP contribution is -2.31. The van der Waals surface area contributed by atoms with Crippen LogP contribution in [0.2, 0.25) is 0 Å². The van der Waals surface area contributed by atoms with Crippen molar-refractivity contribution in [1.29, 1.82) is 0 Å². The van der Waals surface area contributed by atoms with Crippen molar-refractivity contribution in [2.45, 2.75) is 13.0 Å². The number of amides is 1. The van der Waals surface area contributed by atoms with E-state index in [0.29, 0.717) is 40.2 Å². The maximum absolute atomic E-state index is 13.6. The van der Waals surface area contributed by atoms with Gasteiger partial charge < -0.3 is 24.8 Å². The van der Waals surface area contributed by atoms with Crippen LogP contribution in [0.25, 0.3) is 0 Å². The number of carbonyl (C=O) groups is 1. The molecule has 166 valence electrons. The van der Waals surface area contributed by atoms with E-state index >= 15 is 0 Å². The largest absolute Gasteiger partial charge is 0.497 e. The van der Waals surface area contributed by atoms with Gasteiger partial charge in [0, 0.05) is 21.8 Å². The Labute approximate surface area is 193 Å². The fraction of sp³-hybridized carbons (Fsp3) is 0.227. The van der Waals surface area contributed by atoms with Crippen molar-refractivity contribution in [3.63, 3.8) is 0 Å². The molecule has 0 saturated heterocycles. The third-order valence-electron chi connectivity index (χ3n) is 5.18. The van der Waals surface area contributed by atoms with E-state index in [0.717, 1.165) is 10.0 Å². The van der Waals surface area contributed by atoms with E-state index in [4.69, 9.17) is 14.2 Å². The lowest BCUT2D eigenvalue weighted by Gasteiger charge is -2.29. The average molecular weight is 500 g/mol. The molecular formula is C22H22BrN5O4. The average Bonchev–Trinajstić information content (AvgIpc) is 3.26. The van der Waals surface area contributed by atoms with Crippen molar-refractivity contribution < 1.29 is 19.0 Å². The van der Waals surface area contributed by atoms with Gasteiger partial charge in [-0.3, -0.25) is 4.79 Å². The predicted octanol–water partition coefficient (Wildman–Crippen LogP) is 3.99.